The van der Waals surface area contributed by atoms with E-state index in [1.165, 1.54) is 6.26 Å². The van der Waals surface area contributed by atoms with Gasteiger partial charge >= 0.3 is 0 Å². The maximum absolute atomic E-state index is 12.7. The molecule has 0 aromatic heterocycles. The second-order valence-corrected chi connectivity index (χ2v) is 8.85. The number of Topliss-reactive ketones (excluding diaryl/α,β-unsaturated/α-hetero) is 1. The monoisotopic (exact) mass is 287 g/mol. The Morgan fingerprint density at radius 2 is 2.00 bits per heavy atom. The molecule has 0 aromatic carbocycles. The lowest BCUT2D eigenvalue weighted by atomic mass is 9.71. The Hall–Kier alpha value is -0.420. The summed E-state index contributed by atoms with van der Waals surface area (Å²) < 4.78 is 23.4. The fourth-order valence-corrected chi connectivity index (χ4v) is 4.71. The second-order valence-electron chi connectivity index (χ2n) is 6.52. The van der Waals surface area contributed by atoms with E-state index in [1.807, 2.05) is 6.92 Å². The van der Waals surface area contributed by atoms with Crippen molar-refractivity contribution in [3.05, 3.63) is 0 Å². The van der Waals surface area contributed by atoms with E-state index in [1.54, 1.807) is 0 Å². The van der Waals surface area contributed by atoms with Crippen molar-refractivity contribution in [1.82, 2.24) is 5.32 Å². The zero-order valence-electron chi connectivity index (χ0n) is 11.9. The quantitative estimate of drug-likeness (QED) is 0.855. The highest BCUT2D eigenvalue weighted by Gasteiger charge is 2.41. The van der Waals surface area contributed by atoms with E-state index >= 15 is 0 Å². The third-order valence-electron chi connectivity index (χ3n) is 4.79. The van der Waals surface area contributed by atoms with E-state index < -0.39 is 9.84 Å². The number of carbonyl (C=O) groups is 1. The van der Waals surface area contributed by atoms with Crippen LogP contribution in [0, 0.1) is 11.3 Å². The van der Waals surface area contributed by atoms with Crippen LogP contribution in [-0.2, 0) is 14.6 Å². The smallest absolute Gasteiger partial charge is 0.150 e. The van der Waals surface area contributed by atoms with E-state index in [0.29, 0.717) is 6.42 Å². The summed E-state index contributed by atoms with van der Waals surface area (Å²) in [6, 6.07) is 0. The predicted octanol–water partition coefficient (Wildman–Crippen LogP) is 1.55. The van der Waals surface area contributed by atoms with Gasteiger partial charge in [-0.15, -0.1) is 0 Å². The van der Waals surface area contributed by atoms with Crippen molar-refractivity contribution in [1.29, 1.82) is 0 Å². The van der Waals surface area contributed by atoms with Gasteiger partial charge in [-0.1, -0.05) is 13.3 Å². The molecule has 3 atom stereocenters. The molecule has 2 rings (SSSR count). The van der Waals surface area contributed by atoms with E-state index in [9.17, 15) is 13.2 Å². The molecule has 0 amide bonds. The van der Waals surface area contributed by atoms with Gasteiger partial charge in [0.15, 0.2) is 0 Å². The van der Waals surface area contributed by atoms with Gasteiger partial charge in [-0.2, -0.15) is 0 Å². The van der Waals surface area contributed by atoms with Crippen molar-refractivity contribution in [3.8, 4) is 0 Å². The molecule has 1 saturated heterocycles. The van der Waals surface area contributed by atoms with Crippen LogP contribution in [-0.4, -0.2) is 38.8 Å². The molecule has 0 radical (unpaired) electrons. The number of rotatable bonds is 3. The molecule has 5 heteroatoms. The molecular formula is C14H25NO3S. The summed E-state index contributed by atoms with van der Waals surface area (Å²) >= 11 is 0. The molecule has 1 N–H and O–H groups in total. The highest BCUT2D eigenvalue weighted by atomic mass is 32.2. The Balaban J connectivity index is 2.06. The van der Waals surface area contributed by atoms with Crippen LogP contribution in [0.2, 0.25) is 0 Å². The van der Waals surface area contributed by atoms with Gasteiger partial charge < -0.3 is 5.32 Å². The molecule has 110 valence electrons. The zero-order chi connectivity index (χ0) is 14.1. The number of piperidine rings is 1. The summed E-state index contributed by atoms with van der Waals surface area (Å²) in [6.07, 6.45) is 6.24. The lowest BCUT2D eigenvalue weighted by Crippen LogP contribution is -2.47. The van der Waals surface area contributed by atoms with Crippen LogP contribution in [0.5, 0.6) is 0 Å². The van der Waals surface area contributed by atoms with Gasteiger partial charge in [0.25, 0.3) is 0 Å². The van der Waals surface area contributed by atoms with Crippen LogP contribution in [0.1, 0.15) is 45.4 Å². The minimum Gasteiger partial charge on any atom is -0.316 e. The van der Waals surface area contributed by atoms with Crippen molar-refractivity contribution in [2.24, 2.45) is 11.3 Å². The topological polar surface area (TPSA) is 63.2 Å². The van der Waals surface area contributed by atoms with Crippen LogP contribution in [0.4, 0.5) is 0 Å². The zero-order valence-corrected chi connectivity index (χ0v) is 12.8. The van der Waals surface area contributed by atoms with Crippen LogP contribution in [0.3, 0.4) is 0 Å². The van der Waals surface area contributed by atoms with Gasteiger partial charge in [-0.3, -0.25) is 4.79 Å². The molecule has 2 fully saturated rings. The number of hydrogen-bond acceptors (Lipinski definition) is 4. The predicted molar refractivity (Wildman–Crippen MR) is 75.8 cm³/mol. The molecule has 1 aliphatic heterocycles. The van der Waals surface area contributed by atoms with Crippen molar-refractivity contribution in [3.63, 3.8) is 0 Å². The van der Waals surface area contributed by atoms with Gasteiger partial charge in [0, 0.05) is 24.1 Å². The second kappa shape index (κ2) is 5.52. The minimum absolute atomic E-state index is 0.0571. The van der Waals surface area contributed by atoms with Gasteiger partial charge in [0.05, 0.1) is 5.25 Å². The molecule has 0 bridgehead atoms. The molecule has 1 aliphatic carbocycles. The highest BCUT2D eigenvalue weighted by molar-refractivity contribution is 7.91. The van der Waals surface area contributed by atoms with Crippen molar-refractivity contribution < 1.29 is 13.2 Å². The van der Waals surface area contributed by atoms with E-state index in [2.05, 4.69) is 5.32 Å². The lowest BCUT2D eigenvalue weighted by Gasteiger charge is -2.37. The van der Waals surface area contributed by atoms with Crippen LogP contribution in [0.25, 0.3) is 0 Å². The third kappa shape index (κ3) is 3.37. The number of nitrogens with one attached hydrogen (secondary N) is 1. The Bertz CT molecular complexity index is 438. The molecule has 19 heavy (non-hydrogen) atoms. The molecule has 0 spiro atoms. The molecule has 0 aromatic rings. The summed E-state index contributed by atoms with van der Waals surface area (Å²) in [5.41, 5.74) is -0.289. The Morgan fingerprint density at radius 3 is 2.58 bits per heavy atom. The average Bonchev–Trinajstić information content (AvgIpc) is 2.38. The average molecular weight is 287 g/mol. The maximum atomic E-state index is 12.7. The first kappa shape index (κ1) is 15.0. The largest absolute Gasteiger partial charge is 0.316 e. The third-order valence-corrected chi connectivity index (χ3v) is 6.43. The van der Waals surface area contributed by atoms with Crippen molar-refractivity contribution in [2.75, 3.05) is 19.3 Å². The normalized spacial score (nSPS) is 36.9. The highest BCUT2D eigenvalue weighted by Crippen LogP contribution is 2.37. The van der Waals surface area contributed by atoms with Crippen LogP contribution in [0.15, 0.2) is 0 Å². The molecule has 4 nitrogen and oxygen atoms in total. The fraction of sp³-hybridized carbons (Fsp3) is 0.929. The number of hydrogen-bond donors (Lipinski definition) is 1. The number of ketones is 1. The summed E-state index contributed by atoms with van der Waals surface area (Å²) in [6.45, 7) is 3.76. The first-order chi connectivity index (χ1) is 8.83. The van der Waals surface area contributed by atoms with E-state index in [-0.39, 0.29) is 22.4 Å². The maximum Gasteiger partial charge on any atom is 0.150 e. The molecule has 2 aliphatic rings. The SMILES string of the molecule is CC1(C(=O)C2CCCC(S(C)(=O)=O)C2)CCCNC1. The fourth-order valence-electron chi connectivity index (χ4n) is 3.53. The molecule has 1 heterocycles. The number of carbonyl (C=O) groups excluding carboxylic acids is 1. The summed E-state index contributed by atoms with van der Waals surface area (Å²) in [4.78, 5) is 12.7. The summed E-state index contributed by atoms with van der Waals surface area (Å²) in [7, 11) is -3.01. The first-order valence-corrected chi connectivity index (χ1v) is 9.22. The Kier molecular flexibility index (Phi) is 4.35. The minimum atomic E-state index is -3.01. The number of sulfone groups is 1. The van der Waals surface area contributed by atoms with Crippen LogP contribution < -0.4 is 5.32 Å². The van der Waals surface area contributed by atoms with Gasteiger partial charge in [0.1, 0.15) is 15.6 Å². The summed E-state index contributed by atoms with van der Waals surface area (Å²) in [5.74, 6) is 0.228. The Labute approximate surface area is 116 Å². The van der Waals surface area contributed by atoms with Crippen molar-refractivity contribution >= 4 is 15.6 Å². The standard InChI is InChI=1S/C14H25NO3S/c1-14(7-4-8-15-10-14)13(16)11-5-3-6-12(9-11)19(2,17)18/h11-12,15H,3-10H2,1-2H3. The molecule has 1 saturated carbocycles. The van der Waals surface area contributed by atoms with Crippen LogP contribution >= 0.6 is 0 Å². The van der Waals surface area contributed by atoms with Gasteiger partial charge in [-0.25, -0.2) is 8.42 Å². The lowest BCUT2D eigenvalue weighted by molar-refractivity contribution is -0.134. The van der Waals surface area contributed by atoms with Crippen molar-refractivity contribution in [2.45, 2.75) is 50.7 Å². The first-order valence-electron chi connectivity index (χ1n) is 7.27. The van der Waals surface area contributed by atoms with E-state index in [0.717, 1.165) is 45.2 Å². The van der Waals surface area contributed by atoms with E-state index in [4.69, 9.17) is 0 Å². The van der Waals surface area contributed by atoms with Gasteiger partial charge in [0.2, 0.25) is 0 Å². The Morgan fingerprint density at radius 1 is 1.26 bits per heavy atom. The molecular weight excluding hydrogens is 262 g/mol. The summed E-state index contributed by atoms with van der Waals surface area (Å²) in [5, 5.41) is 2.99. The molecule has 3 unspecified atom stereocenters. The van der Waals surface area contributed by atoms with Gasteiger partial charge in [-0.05, 0) is 38.6 Å².